The summed E-state index contributed by atoms with van der Waals surface area (Å²) in [6.45, 7) is 1.37. The van der Waals surface area contributed by atoms with E-state index >= 15 is 0 Å². The fourth-order valence-corrected chi connectivity index (χ4v) is 2.12. The van der Waals surface area contributed by atoms with Gasteiger partial charge in [-0.3, -0.25) is 9.78 Å². The Balaban J connectivity index is 3.48. The lowest BCUT2D eigenvalue weighted by Crippen LogP contribution is -2.23. The van der Waals surface area contributed by atoms with Gasteiger partial charge in [-0.25, -0.2) is 0 Å². The van der Waals surface area contributed by atoms with Crippen molar-refractivity contribution in [2.24, 2.45) is 0 Å². The number of carbonyl (C=O) groups excluding carboxylic acids is 1. The topological polar surface area (TPSA) is 48.4 Å². The second-order valence-corrected chi connectivity index (χ2v) is 4.66. The first-order valence-electron chi connectivity index (χ1n) is 6.04. The highest BCUT2D eigenvalue weighted by Gasteiger charge is 2.43. The summed E-state index contributed by atoms with van der Waals surface area (Å²) >= 11 is 2.72. The van der Waals surface area contributed by atoms with Crippen LogP contribution in [0.1, 0.15) is 23.7 Å². The Hall–Kier alpha value is -1.52. The number of hydrogen-bond donors (Lipinski definition) is 0. The second kappa shape index (κ2) is 7.37. The maximum atomic E-state index is 13.1. The molecule has 1 heterocycles. The van der Waals surface area contributed by atoms with E-state index in [2.05, 4.69) is 30.4 Å². The number of ether oxygens (including phenoxy) is 2. The van der Waals surface area contributed by atoms with Crippen molar-refractivity contribution >= 4 is 21.9 Å². The third-order valence-corrected chi connectivity index (χ3v) is 2.98. The standard InChI is InChI=1S/C12H10BrF6NO3/c1-2-22-8(21)3-6-5-20-7(4-13)9(11(14,15)16)10(6)23-12(17,18)19/h5H,2-4H2,1H3. The molecule has 1 rings (SSSR count). The van der Waals surface area contributed by atoms with Gasteiger partial charge in [0.25, 0.3) is 0 Å². The van der Waals surface area contributed by atoms with Gasteiger partial charge in [-0.15, -0.1) is 13.2 Å². The van der Waals surface area contributed by atoms with E-state index in [-0.39, 0.29) is 6.61 Å². The van der Waals surface area contributed by atoms with Gasteiger partial charge in [0.15, 0.2) is 0 Å². The minimum Gasteiger partial charge on any atom is -0.466 e. The number of halogens is 7. The summed E-state index contributed by atoms with van der Waals surface area (Å²) in [5, 5.41) is -0.449. The normalized spacial score (nSPS) is 12.2. The van der Waals surface area contributed by atoms with Gasteiger partial charge in [0.1, 0.15) is 11.3 Å². The largest absolute Gasteiger partial charge is 0.573 e. The number of carbonyl (C=O) groups is 1. The Kier molecular flexibility index (Phi) is 6.25. The smallest absolute Gasteiger partial charge is 0.466 e. The van der Waals surface area contributed by atoms with Crippen LogP contribution >= 0.6 is 15.9 Å². The molecule has 0 spiro atoms. The maximum absolute atomic E-state index is 13.1. The van der Waals surface area contributed by atoms with E-state index < -0.39 is 52.8 Å². The molecular formula is C12H10BrF6NO3. The van der Waals surface area contributed by atoms with Crippen LogP contribution in [-0.4, -0.2) is 23.9 Å². The molecule has 11 heteroatoms. The molecule has 0 radical (unpaired) electrons. The van der Waals surface area contributed by atoms with E-state index in [1.54, 1.807) is 0 Å². The fraction of sp³-hybridized carbons (Fsp3) is 0.500. The molecule has 1 aromatic heterocycles. The fourth-order valence-electron chi connectivity index (χ4n) is 1.69. The monoisotopic (exact) mass is 409 g/mol. The summed E-state index contributed by atoms with van der Waals surface area (Å²) in [5.41, 5.74) is -3.05. The van der Waals surface area contributed by atoms with Gasteiger partial charge in [-0.2, -0.15) is 13.2 Å². The van der Waals surface area contributed by atoms with E-state index in [1.807, 2.05) is 0 Å². The van der Waals surface area contributed by atoms with Gasteiger partial charge in [-0.1, -0.05) is 15.9 Å². The number of aromatic nitrogens is 1. The zero-order chi connectivity index (χ0) is 17.8. The highest BCUT2D eigenvalue weighted by Crippen LogP contribution is 2.42. The van der Waals surface area contributed by atoms with Crippen LogP contribution in [0.2, 0.25) is 0 Å². The maximum Gasteiger partial charge on any atom is 0.573 e. The highest BCUT2D eigenvalue weighted by atomic mass is 79.9. The van der Waals surface area contributed by atoms with Crippen molar-refractivity contribution in [2.45, 2.75) is 31.2 Å². The molecule has 0 aliphatic heterocycles. The van der Waals surface area contributed by atoms with Crippen molar-refractivity contribution < 1.29 is 40.6 Å². The molecule has 0 N–H and O–H groups in total. The van der Waals surface area contributed by atoms with Gasteiger partial charge in [0, 0.05) is 17.1 Å². The van der Waals surface area contributed by atoms with Gasteiger partial charge < -0.3 is 9.47 Å². The van der Waals surface area contributed by atoms with Crippen molar-refractivity contribution in [3.63, 3.8) is 0 Å². The zero-order valence-corrected chi connectivity index (χ0v) is 13.1. The number of esters is 1. The number of alkyl halides is 7. The molecule has 0 aliphatic rings. The molecule has 0 bridgehead atoms. The van der Waals surface area contributed by atoms with Gasteiger partial charge in [-0.05, 0) is 6.92 Å². The van der Waals surface area contributed by atoms with Crippen LogP contribution in [0.25, 0.3) is 0 Å². The number of hydrogen-bond acceptors (Lipinski definition) is 4. The summed E-state index contributed by atoms with van der Waals surface area (Å²) in [6.07, 6.45) is -10.6. The second-order valence-electron chi connectivity index (χ2n) is 4.10. The van der Waals surface area contributed by atoms with Crippen molar-refractivity contribution in [3.05, 3.63) is 23.0 Å². The average molecular weight is 410 g/mol. The molecule has 0 atom stereocenters. The first kappa shape index (κ1) is 19.5. The van der Waals surface area contributed by atoms with Crippen molar-refractivity contribution in [2.75, 3.05) is 6.61 Å². The Bertz CT molecular complexity index is 573. The summed E-state index contributed by atoms with van der Waals surface area (Å²) in [6, 6.07) is 0. The van der Waals surface area contributed by atoms with Crippen LogP contribution in [0, 0.1) is 0 Å². The zero-order valence-electron chi connectivity index (χ0n) is 11.5. The van der Waals surface area contributed by atoms with Crippen LogP contribution in [0.15, 0.2) is 6.20 Å². The Morgan fingerprint density at radius 3 is 2.30 bits per heavy atom. The quantitative estimate of drug-likeness (QED) is 0.419. The lowest BCUT2D eigenvalue weighted by molar-refractivity contribution is -0.276. The van der Waals surface area contributed by atoms with Gasteiger partial charge in [0.05, 0.1) is 18.7 Å². The predicted octanol–water partition coefficient (Wildman–Crippen LogP) is 4.00. The average Bonchev–Trinajstić information content (AvgIpc) is 2.37. The van der Waals surface area contributed by atoms with Crippen LogP contribution in [0.4, 0.5) is 26.3 Å². The molecule has 1 aromatic rings. The van der Waals surface area contributed by atoms with Crippen molar-refractivity contribution in [1.29, 1.82) is 0 Å². The number of nitrogens with zero attached hydrogens (tertiary/aromatic N) is 1. The van der Waals surface area contributed by atoms with Crippen LogP contribution in [-0.2, 0) is 27.5 Å². The summed E-state index contributed by atoms with van der Waals surface area (Å²) in [4.78, 5) is 14.8. The minimum atomic E-state index is -5.37. The van der Waals surface area contributed by atoms with E-state index in [1.165, 1.54) is 6.92 Å². The molecule has 0 saturated heterocycles. The van der Waals surface area contributed by atoms with E-state index in [0.717, 1.165) is 6.20 Å². The summed E-state index contributed by atoms with van der Waals surface area (Å²) in [7, 11) is 0. The Labute approximate surface area is 134 Å². The first-order chi connectivity index (χ1) is 10.5. The number of rotatable bonds is 5. The van der Waals surface area contributed by atoms with Crippen LogP contribution < -0.4 is 4.74 Å². The molecule has 0 amide bonds. The SMILES string of the molecule is CCOC(=O)Cc1cnc(CBr)c(C(F)(F)F)c1OC(F)(F)F. The molecule has 0 aliphatic carbocycles. The van der Waals surface area contributed by atoms with E-state index in [4.69, 9.17) is 0 Å². The molecule has 0 aromatic carbocycles. The summed E-state index contributed by atoms with van der Waals surface area (Å²) in [5.74, 6) is -2.50. The third-order valence-electron chi connectivity index (χ3n) is 2.45. The van der Waals surface area contributed by atoms with Crippen LogP contribution in [0.3, 0.4) is 0 Å². The molecule has 130 valence electrons. The number of pyridine rings is 1. The van der Waals surface area contributed by atoms with Gasteiger partial charge in [0.2, 0.25) is 0 Å². The van der Waals surface area contributed by atoms with E-state index in [9.17, 15) is 31.1 Å². The highest BCUT2D eigenvalue weighted by molar-refractivity contribution is 9.08. The minimum absolute atomic E-state index is 0.0761. The van der Waals surface area contributed by atoms with Gasteiger partial charge >= 0.3 is 18.5 Å². The van der Waals surface area contributed by atoms with Crippen molar-refractivity contribution in [3.8, 4) is 5.75 Å². The lowest BCUT2D eigenvalue weighted by Gasteiger charge is -2.20. The third kappa shape index (κ3) is 5.56. The Morgan fingerprint density at radius 1 is 1.26 bits per heavy atom. The first-order valence-corrected chi connectivity index (χ1v) is 7.17. The Morgan fingerprint density at radius 2 is 1.87 bits per heavy atom. The molecular weight excluding hydrogens is 400 g/mol. The molecule has 0 saturated carbocycles. The predicted molar refractivity (Wildman–Crippen MR) is 68.9 cm³/mol. The van der Waals surface area contributed by atoms with E-state index in [0.29, 0.717) is 0 Å². The van der Waals surface area contributed by atoms with Crippen LogP contribution in [0.5, 0.6) is 5.75 Å². The molecule has 4 nitrogen and oxygen atoms in total. The summed E-state index contributed by atoms with van der Waals surface area (Å²) < 4.78 is 84.8. The molecule has 0 unspecified atom stereocenters. The molecule has 0 fully saturated rings. The van der Waals surface area contributed by atoms with Crippen molar-refractivity contribution in [1.82, 2.24) is 4.98 Å². The molecule has 23 heavy (non-hydrogen) atoms. The lowest BCUT2D eigenvalue weighted by atomic mass is 10.1.